The highest BCUT2D eigenvalue weighted by molar-refractivity contribution is 5.78. The Morgan fingerprint density at radius 3 is 2.92 bits per heavy atom. The van der Waals surface area contributed by atoms with Gasteiger partial charge < -0.3 is 14.3 Å². The highest BCUT2D eigenvalue weighted by Crippen LogP contribution is 2.21. The fraction of sp³-hybridized carbons (Fsp3) is 0.647. The van der Waals surface area contributed by atoms with Gasteiger partial charge in [-0.2, -0.15) is 10.1 Å². The Hall–Kier alpha value is -2.22. The first kappa shape index (κ1) is 16.3. The molecule has 1 fully saturated rings. The summed E-state index contributed by atoms with van der Waals surface area (Å²) in [5.74, 6) is 0.994. The molecule has 2 aliphatic heterocycles. The van der Waals surface area contributed by atoms with Gasteiger partial charge in [-0.3, -0.25) is 9.48 Å². The van der Waals surface area contributed by atoms with Gasteiger partial charge in [-0.1, -0.05) is 5.16 Å². The molecule has 1 amide bonds. The quantitative estimate of drug-likeness (QED) is 0.824. The van der Waals surface area contributed by atoms with Gasteiger partial charge in [-0.05, 0) is 45.3 Å². The number of fused-ring (bicyclic) bond motifs is 1. The van der Waals surface area contributed by atoms with E-state index >= 15 is 0 Å². The molecule has 0 bridgehead atoms. The SMILES string of the molecule is Cc1noc(CC(=O)N2Cc3ccnn3CC[C@H]2CN2CCCC2)n1. The summed E-state index contributed by atoms with van der Waals surface area (Å²) in [6, 6.07) is 2.19. The number of aryl methyl sites for hydroxylation is 2. The minimum atomic E-state index is 0.0440. The van der Waals surface area contributed by atoms with E-state index in [4.69, 9.17) is 4.52 Å². The smallest absolute Gasteiger partial charge is 0.236 e. The molecule has 0 spiro atoms. The monoisotopic (exact) mass is 344 g/mol. The molecule has 8 heteroatoms. The van der Waals surface area contributed by atoms with Crippen molar-refractivity contribution in [1.82, 2.24) is 29.7 Å². The predicted octanol–water partition coefficient (Wildman–Crippen LogP) is 1.01. The fourth-order valence-corrected chi connectivity index (χ4v) is 3.81. The zero-order chi connectivity index (χ0) is 17.2. The number of likely N-dealkylation sites (tertiary alicyclic amines) is 1. The first-order valence-corrected chi connectivity index (χ1v) is 9.01. The lowest BCUT2D eigenvalue weighted by Gasteiger charge is -2.32. The van der Waals surface area contributed by atoms with Crippen LogP contribution in [-0.4, -0.2) is 61.3 Å². The van der Waals surface area contributed by atoms with Crippen LogP contribution in [0.4, 0.5) is 0 Å². The van der Waals surface area contributed by atoms with Crippen LogP contribution in [-0.2, 0) is 24.3 Å². The van der Waals surface area contributed by atoms with E-state index in [1.165, 1.54) is 12.8 Å². The van der Waals surface area contributed by atoms with E-state index in [0.717, 1.165) is 38.3 Å². The third-order valence-electron chi connectivity index (χ3n) is 5.11. The molecule has 4 heterocycles. The van der Waals surface area contributed by atoms with Crippen molar-refractivity contribution < 1.29 is 9.32 Å². The fourth-order valence-electron chi connectivity index (χ4n) is 3.81. The van der Waals surface area contributed by atoms with Crippen LogP contribution >= 0.6 is 0 Å². The molecule has 4 rings (SSSR count). The average molecular weight is 344 g/mol. The van der Waals surface area contributed by atoms with Crippen molar-refractivity contribution in [1.29, 1.82) is 0 Å². The van der Waals surface area contributed by atoms with Gasteiger partial charge >= 0.3 is 0 Å². The summed E-state index contributed by atoms with van der Waals surface area (Å²) in [5, 5.41) is 8.17. The Balaban J connectivity index is 1.53. The normalized spacial score (nSPS) is 21.3. The van der Waals surface area contributed by atoms with Crippen LogP contribution in [0.15, 0.2) is 16.8 Å². The van der Waals surface area contributed by atoms with E-state index in [9.17, 15) is 4.79 Å². The van der Waals surface area contributed by atoms with Crippen molar-refractivity contribution in [2.24, 2.45) is 0 Å². The van der Waals surface area contributed by atoms with Crippen LogP contribution in [0.2, 0.25) is 0 Å². The van der Waals surface area contributed by atoms with Crippen LogP contribution in [0.3, 0.4) is 0 Å². The summed E-state index contributed by atoms with van der Waals surface area (Å²) in [6.45, 7) is 6.39. The topological polar surface area (TPSA) is 80.3 Å². The van der Waals surface area contributed by atoms with Gasteiger partial charge in [0.15, 0.2) is 5.82 Å². The summed E-state index contributed by atoms with van der Waals surface area (Å²) in [7, 11) is 0. The van der Waals surface area contributed by atoms with E-state index in [-0.39, 0.29) is 18.4 Å². The van der Waals surface area contributed by atoms with Gasteiger partial charge in [0.1, 0.15) is 6.42 Å². The predicted molar refractivity (Wildman–Crippen MR) is 89.6 cm³/mol. The highest BCUT2D eigenvalue weighted by Gasteiger charge is 2.31. The van der Waals surface area contributed by atoms with Crippen molar-refractivity contribution in [2.45, 2.75) is 51.7 Å². The van der Waals surface area contributed by atoms with Crippen molar-refractivity contribution in [2.75, 3.05) is 19.6 Å². The second-order valence-electron chi connectivity index (χ2n) is 6.93. The van der Waals surface area contributed by atoms with Gasteiger partial charge in [0.05, 0.1) is 12.2 Å². The second-order valence-corrected chi connectivity index (χ2v) is 6.93. The lowest BCUT2D eigenvalue weighted by atomic mass is 10.1. The Morgan fingerprint density at radius 1 is 1.32 bits per heavy atom. The lowest BCUT2D eigenvalue weighted by Crippen LogP contribution is -2.46. The third kappa shape index (κ3) is 3.58. The van der Waals surface area contributed by atoms with Gasteiger partial charge in [0.2, 0.25) is 11.8 Å². The van der Waals surface area contributed by atoms with E-state index in [1.54, 1.807) is 13.1 Å². The molecular weight excluding hydrogens is 320 g/mol. The molecule has 2 aromatic heterocycles. The van der Waals surface area contributed by atoms with Crippen LogP contribution in [0.25, 0.3) is 0 Å². The molecule has 0 saturated carbocycles. The van der Waals surface area contributed by atoms with E-state index in [1.807, 2.05) is 15.6 Å². The molecule has 0 radical (unpaired) electrons. The van der Waals surface area contributed by atoms with Gasteiger partial charge in [0, 0.05) is 25.3 Å². The number of amides is 1. The van der Waals surface area contributed by atoms with Crippen LogP contribution in [0, 0.1) is 6.92 Å². The first-order valence-electron chi connectivity index (χ1n) is 9.01. The summed E-state index contributed by atoms with van der Waals surface area (Å²) in [4.78, 5) is 21.6. The van der Waals surface area contributed by atoms with Gasteiger partial charge in [0.25, 0.3) is 0 Å². The molecule has 0 unspecified atom stereocenters. The van der Waals surface area contributed by atoms with E-state index < -0.39 is 0 Å². The van der Waals surface area contributed by atoms with Gasteiger partial charge in [-0.25, -0.2) is 0 Å². The number of hydrogen-bond acceptors (Lipinski definition) is 6. The maximum absolute atomic E-state index is 13.0. The number of aromatic nitrogens is 4. The maximum atomic E-state index is 13.0. The molecule has 1 saturated heterocycles. The molecule has 25 heavy (non-hydrogen) atoms. The van der Waals surface area contributed by atoms with Crippen LogP contribution < -0.4 is 0 Å². The number of rotatable bonds is 4. The summed E-state index contributed by atoms with van der Waals surface area (Å²) in [5.41, 5.74) is 1.08. The summed E-state index contributed by atoms with van der Waals surface area (Å²) in [6.07, 6.45) is 5.39. The molecule has 2 aromatic rings. The van der Waals surface area contributed by atoms with Crippen molar-refractivity contribution >= 4 is 5.91 Å². The molecule has 2 aliphatic rings. The zero-order valence-corrected chi connectivity index (χ0v) is 14.6. The Morgan fingerprint density at radius 2 is 2.16 bits per heavy atom. The van der Waals surface area contributed by atoms with Gasteiger partial charge in [-0.15, -0.1) is 0 Å². The number of hydrogen-bond donors (Lipinski definition) is 0. The zero-order valence-electron chi connectivity index (χ0n) is 14.6. The summed E-state index contributed by atoms with van der Waals surface area (Å²) < 4.78 is 7.16. The van der Waals surface area contributed by atoms with Crippen molar-refractivity contribution in [3.05, 3.63) is 29.7 Å². The maximum Gasteiger partial charge on any atom is 0.236 e. The van der Waals surface area contributed by atoms with Crippen LogP contribution in [0.1, 0.15) is 36.7 Å². The second kappa shape index (κ2) is 6.95. The third-order valence-corrected chi connectivity index (χ3v) is 5.11. The van der Waals surface area contributed by atoms with E-state index in [0.29, 0.717) is 18.3 Å². The van der Waals surface area contributed by atoms with E-state index in [2.05, 4.69) is 20.1 Å². The molecule has 8 nitrogen and oxygen atoms in total. The number of carbonyl (C=O) groups is 1. The summed E-state index contributed by atoms with van der Waals surface area (Å²) >= 11 is 0. The minimum absolute atomic E-state index is 0.0440. The Kier molecular flexibility index (Phi) is 4.52. The Labute approximate surface area is 146 Å². The molecule has 134 valence electrons. The lowest BCUT2D eigenvalue weighted by molar-refractivity contribution is -0.134. The first-order chi connectivity index (χ1) is 12.2. The van der Waals surface area contributed by atoms with Crippen molar-refractivity contribution in [3.63, 3.8) is 0 Å². The van der Waals surface area contributed by atoms with Crippen molar-refractivity contribution in [3.8, 4) is 0 Å². The molecule has 0 N–H and O–H groups in total. The average Bonchev–Trinajstić information content (AvgIpc) is 3.31. The largest absolute Gasteiger partial charge is 0.339 e. The molecule has 1 atom stereocenters. The molecule has 0 aromatic carbocycles. The van der Waals surface area contributed by atoms with Crippen LogP contribution in [0.5, 0.6) is 0 Å². The molecule has 0 aliphatic carbocycles. The number of carbonyl (C=O) groups excluding carboxylic acids is 1. The number of nitrogens with zero attached hydrogens (tertiary/aromatic N) is 6. The standard InChI is InChI=1S/C17H24N6O2/c1-13-19-16(25-20-13)10-17(24)22-12-15-4-6-18-23(15)9-5-14(22)11-21-7-2-3-8-21/h4,6,14H,2-3,5,7-12H2,1H3/t14-/m0/s1. The minimum Gasteiger partial charge on any atom is -0.339 e. The Bertz CT molecular complexity index is 733. The molecular formula is C17H24N6O2. The highest BCUT2D eigenvalue weighted by atomic mass is 16.5.